The maximum absolute atomic E-state index is 13.6. The summed E-state index contributed by atoms with van der Waals surface area (Å²) in [6.45, 7) is 2.93. The topological polar surface area (TPSA) is 29.5 Å². The van der Waals surface area contributed by atoms with E-state index in [4.69, 9.17) is 16.3 Å². The fourth-order valence-electron chi connectivity index (χ4n) is 1.93. The lowest BCUT2D eigenvalue weighted by Crippen LogP contribution is -2.30. The molecule has 5 heteroatoms. The van der Waals surface area contributed by atoms with Gasteiger partial charge in [-0.05, 0) is 37.5 Å². The van der Waals surface area contributed by atoms with Crippen molar-refractivity contribution in [2.45, 2.75) is 32.7 Å². The highest BCUT2D eigenvalue weighted by Crippen LogP contribution is 2.19. The van der Waals surface area contributed by atoms with Crippen LogP contribution < -0.4 is 4.74 Å². The van der Waals surface area contributed by atoms with Gasteiger partial charge in [-0.2, -0.15) is 0 Å². The molecular formula is C15H21ClFNO2. The van der Waals surface area contributed by atoms with Crippen LogP contribution in [0.15, 0.2) is 18.2 Å². The van der Waals surface area contributed by atoms with Crippen LogP contribution in [0.2, 0.25) is 0 Å². The van der Waals surface area contributed by atoms with Crippen LogP contribution in [0.1, 0.15) is 31.7 Å². The smallest absolute Gasteiger partial charge is 0.222 e. The first-order valence-electron chi connectivity index (χ1n) is 6.78. The molecule has 0 aromatic heterocycles. The van der Waals surface area contributed by atoms with Crippen molar-refractivity contribution >= 4 is 17.5 Å². The van der Waals surface area contributed by atoms with E-state index in [1.54, 1.807) is 17.0 Å². The van der Waals surface area contributed by atoms with Gasteiger partial charge in [-0.3, -0.25) is 4.79 Å². The normalized spacial score (nSPS) is 10.4. The van der Waals surface area contributed by atoms with Crippen LogP contribution >= 0.6 is 11.6 Å². The second-order valence-corrected chi connectivity index (χ2v) is 4.90. The number of amides is 1. The molecule has 0 atom stereocenters. The second-order valence-electron chi connectivity index (χ2n) is 4.52. The molecule has 1 rings (SSSR count). The first-order chi connectivity index (χ1) is 9.62. The van der Waals surface area contributed by atoms with Crippen molar-refractivity contribution in [2.24, 2.45) is 0 Å². The molecule has 0 spiro atoms. The highest BCUT2D eigenvalue weighted by molar-refractivity contribution is 6.17. The first kappa shape index (κ1) is 16.8. The lowest BCUT2D eigenvalue weighted by molar-refractivity contribution is -0.131. The average Bonchev–Trinajstić information content (AvgIpc) is 2.45. The molecule has 112 valence electrons. The highest BCUT2D eigenvalue weighted by atomic mass is 35.5. The quantitative estimate of drug-likeness (QED) is 0.542. The first-order valence-corrected chi connectivity index (χ1v) is 7.32. The van der Waals surface area contributed by atoms with Crippen LogP contribution in [0, 0.1) is 5.82 Å². The van der Waals surface area contributed by atoms with Gasteiger partial charge in [-0.1, -0.05) is 6.07 Å². The van der Waals surface area contributed by atoms with E-state index in [0.717, 1.165) is 18.4 Å². The Labute approximate surface area is 124 Å². The van der Waals surface area contributed by atoms with Gasteiger partial charge in [0.2, 0.25) is 5.91 Å². The zero-order valence-electron chi connectivity index (χ0n) is 12.0. The number of carbonyl (C=O) groups excluding carboxylic acids is 1. The van der Waals surface area contributed by atoms with Gasteiger partial charge in [0.1, 0.15) is 0 Å². The molecule has 0 heterocycles. The number of rotatable bonds is 8. The molecule has 1 aromatic rings. The predicted octanol–water partition coefficient (Wildman–Crippen LogP) is 3.59. The van der Waals surface area contributed by atoms with Crippen molar-refractivity contribution in [3.05, 3.63) is 29.6 Å². The molecule has 0 N–H and O–H groups in total. The molecule has 0 radical (unpaired) electrons. The van der Waals surface area contributed by atoms with Crippen molar-refractivity contribution < 1.29 is 13.9 Å². The number of hydrogen-bond donors (Lipinski definition) is 0. The summed E-state index contributed by atoms with van der Waals surface area (Å²) in [6.07, 6.45) is 2.11. The molecular weight excluding hydrogens is 281 g/mol. The largest absolute Gasteiger partial charge is 0.494 e. The van der Waals surface area contributed by atoms with Gasteiger partial charge in [-0.25, -0.2) is 4.39 Å². The van der Waals surface area contributed by atoms with Gasteiger partial charge in [0.05, 0.1) is 7.11 Å². The number of unbranched alkanes of at least 4 members (excludes halogenated alkanes) is 1. The number of alkyl halides is 1. The number of hydrogen-bond acceptors (Lipinski definition) is 2. The maximum atomic E-state index is 13.6. The predicted molar refractivity (Wildman–Crippen MR) is 78.6 cm³/mol. The Balaban J connectivity index is 2.63. The van der Waals surface area contributed by atoms with Gasteiger partial charge < -0.3 is 9.64 Å². The third-order valence-corrected chi connectivity index (χ3v) is 3.37. The summed E-state index contributed by atoms with van der Waals surface area (Å²) >= 11 is 5.60. The minimum atomic E-state index is -0.407. The Bertz CT molecular complexity index is 440. The number of benzene rings is 1. The van der Waals surface area contributed by atoms with E-state index in [1.165, 1.54) is 13.2 Å². The molecule has 0 saturated heterocycles. The third-order valence-electron chi connectivity index (χ3n) is 3.10. The second kappa shape index (κ2) is 8.80. The lowest BCUT2D eigenvalue weighted by Gasteiger charge is -2.21. The molecule has 0 bridgehead atoms. The van der Waals surface area contributed by atoms with Crippen LogP contribution in [0.5, 0.6) is 5.75 Å². The summed E-state index contributed by atoms with van der Waals surface area (Å²) in [4.78, 5) is 13.7. The number of carbonyl (C=O) groups is 1. The molecule has 20 heavy (non-hydrogen) atoms. The minimum Gasteiger partial charge on any atom is -0.494 e. The molecule has 1 amide bonds. The van der Waals surface area contributed by atoms with Crippen LogP contribution in [0.4, 0.5) is 4.39 Å². The summed E-state index contributed by atoms with van der Waals surface area (Å²) in [5.74, 6) is 0.457. The van der Waals surface area contributed by atoms with Crippen molar-refractivity contribution in [1.82, 2.24) is 4.90 Å². The SMILES string of the molecule is CCN(Cc1ccc(OC)c(F)c1)C(=O)CCCCCl. The fourth-order valence-corrected chi connectivity index (χ4v) is 2.12. The Morgan fingerprint density at radius 3 is 2.70 bits per heavy atom. The zero-order valence-corrected chi connectivity index (χ0v) is 12.8. The van der Waals surface area contributed by atoms with Gasteiger partial charge in [-0.15, -0.1) is 11.6 Å². The number of halogens is 2. The lowest BCUT2D eigenvalue weighted by atomic mass is 10.1. The third kappa shape index (κ3) is 5.00. The minimum absolute atomic E-state index is 0.0776. The van der Waals surface area contributed by atoms with E-state index in [2.05, 4.69) is 0 Å². The summed E-state index contributed by atoms with van der Waals surface area (Å²) < 4.78 is 18.5. The molecule has 3 nitrogen and oxygen atoms in total. The van der Waals surface area contributed by atoms with Gasteiger partial charge >= 0.3 is 0 Å². The van der Waals surface area contributed by atoms with E-state index in [0.29, 0.717) is 25.4 Å². The average molecular weight is 302 g/mol. The van der Waals surface area contributed by atoms with E-state index in [-0.39, 0.29) is 11.7 Å². The monoisotopic (exact) mass is 301 g/mol. The summed E-state index contributed by atoms with van der Waals surface area (Å²) in [7, 11) is 1.43. The summed E-state index contributed by atoms with van der Waals surface area (Å²) in [6, 6.07) is 4.76. The van der Waals surface area contributed by atoms with Crippen LogP contribution in [0.3, 0.4) is 0 Å². The Kier molecular flexibility index (Phi) is 7.37. The van der Waals surface area contributed by atoms with Crippen molar-refractivity contribution in [3.63, 3.8) is 0 Å². The number of nitrogens with zero attached hydrogens (tertiary/aromatic N) is 1. The van der Waals surface area contributed by atoms with Crippen molar-refractivity contribution in [3.8, 4) is 5.75 Å². The molecule has 0 fully saturated rings. The molecule has 0 aliphatic heterocycles. The van der Waals surface area contributed by atoms with E-state index < -0.39 is 5.82 Å². The molecule has 1 aromatic carbocycles. The zero-order chi connectivity index (χ0) is 15.0. The van der Waals surface area contributed by atoms with Crippen molar-refractivity contribution in [2.75, 3.05) is 19.5 Å². The Morgan fingerprint density at radius 2 is 2.15 bits per heavy atom. The molecule has 0 aliphatic carbocycles. The van der Waals surface area contributed by atoms with Gasteiger partial charge in [0.25, 0.3) is 0 Å². The fraction of sp³-hybridized carbons (Fsp3) is 0.533. The standard InChI is InChI=1S/C15H21ClFNO2/c1-3-18(15(19)6-4-5-9-16)11-12-7-8-14(20-2)13(17)10-12/h7-8,10H,3-6,9,11H2,1-2H3. The summed E-state index contributed by atoms with van der Waals surface area (Å²) in [5.41, 5.74) is 0.760. The molecule has 0 aliphatic rings. The van der Waals surface area contributed by atoms with E-state index in [9.17, 15) is 9.18 Å². The van der Waals surface area contributed by atoms with E-state index >= 15 is 0 Å². The van der Waals surface area contributed by atoms with Crippen LogP contribution in [-0.2, 0) is 11.3 Å². The number of ether oxygens (including phenoxy) is 1. The Morgan fingerprint density at radius 1 is 1.40 bits per heavy atom. The molecule has 0 saturated carbocycles. The highest BCUT2D eigenvalue weighted by Gasteiger charge is 2.13. The van der Waals surface area contributed by atoms with Crippen LogP contribution in [-0.4, -0.2) is 30.3 Å². The molecule has 0 unspecified atom stereocenters. The van der Waals surface area contributed by atoms with Gasteiger partial charge in [0, 0.05) is 25.4 Å². The maximum Gasteiger partial charge on any atom is 0.222 e. The van der Waals surface area contributed by atoms with Gasteiger partial charge in [0.15, 0.2) is 11.6 Å². The number of methoxy groups -OCH3 is 1. The Hall–Kier alpha value is -1.29. The van der Waals surface area contributed by atoms with Crippen LogP contribution in [0.25, 0.3) is 0 Å². The van der Waals surface area contributed by atoms with Crippen molar-refractivity contribution in [1.29, 1.82) is 0 Å². The summed E-state index contributed by atoms with van der Waals surface area (Å²) in [5, 5.41) is 0. The van der Waals surface area contributed by atoms with E-state index in [1.807, 2.05) is 6.92 Å².